The lowest BCUT2D eigenvalue weighted by molar-refractivity contribution is -0.120. The lowest BCUT2D eigenvalue weighted by atomic mass is 9.95. The fraction of sp³-hybridized carbons (Fsp3) is 0.632. The highest BCUT2D eigenvalue weighted by Gasteiger charge is 2.20. The first-order valence-corrected chi connectivity index (χ1v) is 11.1. The number of hydrogen-bond donors (Lipinski definition) is 2. The summed E-state index contributed by atoms with van der Waals surface area (Å²) in [5.41, 5.74) is 0. The number of rotatable bonds is 7. The molecule has 3 rings (SSSR count). The van der Waals surface area contributed by atoms with E-state index in [0.29, 0.717) is 5.75 Å². The molecule has 6 nitrogen and oxygen atoms in total. The summed E-state index contributed by atoms with van der Waals surface area (Å²) in [7, 11) is -3.71. The Hall–Kier alpha value is -1.60. The van der Waals surface area contributed by atoms with Gasteiger partial charge >= 0.3 is 0 Å². The summed E-state index contributed by atoms with van der Waals surface area (Å²) in [6.45, 7) is -0.237. The smallest absolute Gasteiger partial charge is 0.241 e. The van der Waals surface area contributed by atoms with Crippen LogP contribution >= 0.6 is 0 Å². The number of carbonyl (C=O) groups excluding carboxylic acids is 1. The summed E-state index contributed by atoms with van der Waals surface area (Å²) in [5.74, 6) is 0.410. The highest BCUT2D eigenvalue weighted by molar-refractivity contribution is 7.89. The molecule has 1 aromatic rings. The van der Waals surface area contributed by atoms with Crippen LogP contribution in [0.4, 0.5) is 0 Å². The van der Waals surface area contributed by atoms with Crippen molar-refractivity contribution in [3.8, 4) is 5.75 Å². The van der Waals surface area contributed by atoms with Crippen molar-refractivity contribution >= 4 is 15.9 Å². The van der Waals surface area contributed by atoms with Crippen LogP contribution in [-0.4, -0.2) is 33.0 Å². The Labute approximate surface area is 155 Å². The van der Waals surface area contributed by atoms with Crippen LogP contribution in [0, 0.1) is 0 Å². The molecule has 2 aliphatic rings. The number of ether oxygens (including phenoxy) is 1. The van der Waals surface area contributed by atoms with Crippen LogP contribution in [0.25, 0.3) is 0 Å². The van der Waals surface area contributed by atoms with Gasteiger partial charge in [-0.25, -0.2) is 13.1 Å². The molecule has 0 aromatic heterocycles. The minimum absolute atomic E-state index is 0.140. The van der Waals surface area contributed by atoms with Gasteiger partial charge in [-0.15, -0.1) is 0 Å². The predicted octanol–water partition coefficient (Wildman–Crippen LogP) is 2.74. The SMILES string of the molecule is O=C(CNS(=O)(=O)c1ccc(OC2CCCC2)cc1)NC1CCCCC1. The highest BCUT2D eigenvalue weighted by atomic mass is 32.2. The first-order valence-electron chi connectivity index (χ1n) is 9.59. The molecule has 0 saturated heterocycles. The zero-order valence-corrected chi connectivity index (χ0v) is 15.9. The maximum Gasteiger partial charge on any atom is 0.241 e. The Kier molecular flexibility index (Phi) is 6.53. The maximum atomic E-state index is 12.4. The summed E-state index contributed by atoms with van der Waals surface area (Å²) < 4.78 is 32.9. The van der Waals surface area contributed by atoms with Gasteiger partial charge in [-0.2, -0.15) is 0 Å². The van der Waals surface area contributed by atoms with E-state index in [9.17, 15) is 13.2 Å². The third-order valence-corrected chi connectivity index (χ3v) is 6.55. The number of hydrogen-bond acceptors (Lipinski definition) is 4. The summed E-state index contributed by atoms with van der Waals surface area (Å²) in [5, 5.41) is 2.91. The van der Waals surface area contributed by atoms with Gasteiger partial charge in [0.05, 0.1) is 17.5 Å². The quantitative estimate of drug-likeness (QED) is 0.762. The standard InChI is InChI=1S/C19H28N2O4S/c22-19(21-15-6-2-1-3-7-15)14-20-26(23,24)18-12-10-17(11-13-18)25-16-8-4-5-9-16/h10-13,15-16,20H,1-9,14H2,(H,21,22). The molecule has 2 saturated carbocycles. The second-order valence-electron chi connectivity index (χ2n) is 7.22. The summed E-state index contributed by atoms with van der Waals surface area (Å²) in [4.78, 5) is 12.1. The lowest BCUT2D eigenvalue weighted by Gasteiger charge is -2.22. The van der Waals surface area contributed by atoms with E-state index in [1.165, 1.54) is 31.4 Å². The molecule has 2 fully saturated rings. The van der Waals surface area contributed by atoms with Gasteiger partial charge < -0.3 is 10.1 Å². The molecule has 0 radical (unpaired) electrons. The van der Waals surface area contributed by atoms with Crippen LogP contribution < -0.4 is 14.8 Å². The summed E-state index contributed by atoms with van der Waals surface area (Å²) >= 11 is 0. The molecule has 0 atom stereocenters. The van der Waals surface area contributed by atoms with Gasteiger partial charge in [0.2, 0.25) is 15.9 Å². The van der Waals surface area contributed by atoms with Crippen molar-refractivity contribution in [3.63, 3.8) is 0 Å². The zero-order chi connectivity index (χ0) is 18.4. The topological polar surface area (TPSA) is 84.5 Å². The third kappa shape index (κ3) is 5.45. The molecule has 0 aliphatic heterocycles. The van der Waals surface area contributed by atoms with E-state index in [0.717, 1.165) is 38.5 Å². The second-order valence-corrected chi connectivity index (χ2v) is 8.99. The van der Waals surface area contributed by atoms with Crippen LogP contribution in [-0.2, 0) is 14.8 Å². The van der Waals surface area contributed by atoms with Crippen molar-refractivity contribution in [1.29, 1.82) is 0 Å². The Bertz CT molecular complexity index is 691. The molecular weight excluding hydrogens is 352 g/mol. The fourth-order valence-electron chi connectivity index (χ4n) is 3.67. The van der Waals surface area contributed by atoms with Gasteiger partial charge in [-0.3, -0.25) is 4.79 Å². The minimum atomic E-state index is -3.71. The molecule has 1 amide bonds. The minimum Gasteiger partial charge on any atom is -0.490 e. The Morgan fingerprint density at radius 3 is 2.23 bits per heavy atom. The van der Waals surface area contributed by atoms with E-state index in [1.807, 2.05) is 0 Å². The molecule has 1 aromatic carbocycles. The Morgan fingerprint density at radius 1 is 0.962 bits per heavy atom. The Morgan fingerprint density at radius 2 is 1.58 bits per heavy atom. The van der Waals surface area contributed by atoms with Crippen molar-refractivity contribution in [2.24, 2.45) is 0 Å². The van der Waals surface area contributed by atoms with Crippen LogP contribution in [0.2, 0.25) is 0 Å². The number of carbonyl (C=O) groups is 1. The number of sulfonamides is 1. The van der Waals surface area contributed by atoms with Gasteiger partial charge in [-0.1, -0.05) is 19.3 Å². The first kappa shape index (κ1) is 19.2. The normalized spacial score (nSPS) is 19.4. The average Bonchev–Trinajstić information content (AvgIpc) is 3.14. The van der Waals surface area contributed by atoms with E-state index in [-0.39, 0.29) is 29.5 Å². The number of nitrogens with one attached hydrogen (secondary N) is 2. The average molecular weight is 381 g/mol. The molecule has 0 unspecified atom stereocenters. The molecule has 2 aliphatic carbocycles. The molecule has 0 spiro atoms. The van der Waals surface area contributed by atoms with E-state index in [1.54, 1.807) is 12.1 Å². The van der Waals surface area contributed by atoms with Gasteiger partial charge in [0.1, 0.15) is 5.75 Å². The van der Waals surface area contributed by atoms with Crippen molar-refractivity contribution in [2.75, 3.05) is 6.54 Å². The van der Waals surface area contributed by atoms with Gasteiger partial charge in [0.15, 0.2) is 0 Å². The monoisotopic (exact) mass is 380 g/mol. The van der Waals surface area contributed by atoms with Crippen molar-refractivity contribution in [1.82, 2.24) is 10.0 Å². The zero-order valence-electron chi connectivity index (χ0n) is 15.1. The largest absolute Gasteiger partial charge is 0.490 e. The van der Waals surface area contributed by atoms with Gasteiger partial charge in [0.25, 0.3) is 0 Å². The van der Waals surface area contributed by atoms with Crippen LogP contribution in [0.15, 0.2) is 29.2 Å². The summed E-state index contributed by atoms with van der Waals surface area (Å²) in [6, 6.07) is 6.56. The Balaban J connectivity index is 1.49. The van der Waals surface area contributed by atoms with Crippen molar-refractivity contribution < 1.29 is 17.9 Å². The number of amides is 1. The van der Waals surface area contributed by atoms with E-state index in [4.69, 9.17) is 4.74 Å². The van der Waals surface area contributed by atoms with Gasteiger partial charge in [-0.05, 0) is 62.8 Å². The number of benzene rings is 1. The van der Waals surface area contributed by atoms with E-state index < -0.39 is 10.0 Å². The summed E-state index contributed by atoms with van der Waals surface area (Å²) in [6.07, 6.45) is 10.1. The molecule has 7 heteroatoms. The van der Waals surface area contributed by atoms with Crippen molar-refractivity contribution in [2.45, 2.75) is 74.8 Å². The van der Waals surface area contributed by atoms with Gasteiger partial charge in [0, 0.05) is 6.04 Å². The van der Waals surface area contributed by atoms with Crippen LogP contribution in [0.3, 0.4) is 0 Å². The first-order chi connectivity index (χ1) is 12.5. The highest BCUT2D eigenvalue weighted by Crippen LogP contribution is 2.25. The molecule has 26 heavy (non-hydrogen) atoms. The molecule has 0 bridgehead atoms. The van der Waals surface area contributed by atoms with Crippen LogP contribution in [0.5, 0.6) is 5.75 Å². The maximum absolute atomic E-state index is 12.4. The fourth-order valence-corrected chi connectivity index (χ4v) is 4.65. The van der Waals surface area contributed by atoms with E-state index in [2.05, 4.69) is 10.0 Å². The lowest BCUT2D eigenvalue weighted by Crippen LogP contribution is -2.42. The molecule has 144 valence electrons. The van der Waals surface area contributed by atoms with E-state index >= 15 is 0 Å². The predicted molar refractivity (Wildman–Crippen MR) is 99.5 cm³/mol. The molecule has 0 heterocycles. The molecule has 2 N–H and O–H groups in total. The molecular formula is C19H28N2O4S. The van der Waals surface area contributed by atoms with Crippen LogP contribution in [0.1, 0.15) is 57.8 Å². The second kappa shape index (κ2) is 8.86. The third-order valence-electron chi connectivity index (χ3n) is 5.13. The van der Waals surface area contributed by atoms with Crippen molar-refractivity contribution in [3.05, 3.63) is 24.3 Å².